The number of hydrogen-bond acceptors (Lipinski definition) is 2. The molecule has 2 heterocycles. The van der Waals surface area contributed by atoms with Crippen molar-refractivity contribution >= 4 is 21.8 Å². The second kappa shape index (κ2) is 6.15. The van der Waals surface area contributed by atoms with E-state index in [1.165, 1.54) is 21.9 Å². The molecule has 4 nitrogen and oxygen atoms in total. The summed E-state index contributed by atoms with van der Waals surface area (Å²) in [7, 11) is 0. The molecule has 0 aliphatic carbocycles. The van der Waals surface area contributed by atoms with Gasteiger partial charge in [-0.05, 0) is 23.3 Å². The van der Waals surface area contributed by atoms with E-state index in [9.17, 15) is 0 Å². The van der Waals surface area contributed by atoms with Gasteiger partial charge in [0.25, 0.3) is 0 Å². The van der Waals surface area contributed by atoms with Crippen molar-refractivity contribution in [1.82, 2.24) is 19.6 Å². The fourth-order valence-electron chi connectivity index (χ4n) is 3.48. The third kappa shape index (κ3) is 2.65. The molecule has 5 aromatic rings. The molecule has 26 heavy (non-hydrogen) atoms. The van der Waals surface area contributed by atoms with Crippen LogP contribution in [0.25, 0.3) is 21.8 Å². The zero-order valence-corrected chi connectivity index (χ0v) is 14.3. The number of hydrogen-bond donors (Lipinski definition) is 0. The van der Waals surface area contributed by atoms with Gasteiger partial charge in [-0.3, -0.25) is 9.36 Å². The molecule has 0 atom stereocenters. The molecule has 0 aliphatic heterocycles. The van der Waals surface area contributed by atoms with Crippen LogP contribution in [0.2, 0.25) is 0 Å². The number of benzene rings is 3. The summed E-state index contributed by atoms with van der Waals surface area (Å²) in [5.74, 6) is 0. The van der Waals surface area contributed by atoms with Gasteiger partial charge in [-0.1, -0.05) is 60.7 Å². The van der Waals surface area contributed by atoms with Crippen molar-refractivity contribution in [2.45, 2.75) is 13.1 Å². The lowest BCUT2D eigenvalue weighted by Crippen LogP contribution is -2.04. The molecule has 4 heteroatoms. The largest absolute Gasteiger partial charge is 0.260 e. The van der Waals surface area contributed by atoms with Gasteiger partial charge in [0.1, 0.15) is 0 Å². The van der Waals surface area contributed by atoms with Gasteiger partial charge in [0.2, 0.25) is 0 Å². The first-order valence-electron chi connectivity index (χ1n) is 8.76. The van der Waals surface area contributed by atoms with E-state index < -0.39 is 0 Å². The molecule has 2 aromatic heterocycles. The molecule has 0 N–H and O–H groups in total. The van der Waals surface area contributed by atoms with Crippen LogP contribution in [0.3, 0.4) is 0 Å². The van der Waals surface area contributed by atoms with E-state index in [0.29, 0.717) is 0 Å². The van der Waals surface area contributed by atoms with Crippen molar-refractivity contribution < 1.29 is 0 Å². The summed E-state index contributed by atoms with van der Waals surface area (Å²) in [5.41, 5.74) is 4.81. The summed E-state index contributed by atoms with van der Waals surface area (Å²) >= 11 is 0. The SMILES string of the molecule is c1cc(Cn2ncc3ccccc32)cc(Cn2ncc3ccccc32)c1. The molecule has 3 aromatic carbocycles. The topological polar surface area (TPSA) is 35.6 Å². The number of para-hydroxylation sites is 2. The Kier molecular flexibility index (Phi) is 3.53. The molecule has 0 spiro atoms. The highest BCUT2D eigenvalue weighted by atomic mass is 15.3. The van der Waals surface area contributed by atoms with E-state index in [2.05, 4.69) is 80.2 Å². The average Bonchev–Trinajstić information content (AvgIpc) is 3.27. The number of fused-ring (bicyclic) bond motifs is 2. The Morgan fingerprint density at radius 3 is 1.62 bits per heavy atom. The van der Waals surface area contributed by atoms with Crippen LogP contribution in [0.4, 0.5) is 0 Å². The molecule has 0 radical (unpaired) electrons. The van der Waals surface area contributed by atoms with Crippen molar-refractivity contribution in [3.63, 3.8) is 0 Å². The third-order valence-electron chi connectivity index (χ3n) is 4.76. The fraction of sp³-hybridized carbons (Fsp3) is 0.0909. The van der Waals surface area contributed by atoms with Crippen molar-refractivity contribution in [3.8, 4) is 0 Å². The van der Waals surface area contributed by atoms with Gasteiger partial charge >= 0.3 is 0 Å². The predicted molar refractivity (Wildman–Crippen MR) is 104 cm³/mol. The summed E-state index contributed by atoms with van der Waals surface area (Å²) in [4.78, 5) is 0. The standard InChI is InChI=1S/C22H18N4/c1-3-10-21-19(8-1)13-23-25(21)15-17-6-5-7-18(12-17)16-26-22-11-4-2-9-20(22)14-24-26/h1-14H,15-16H2. The molecule has 0 fully saturated rings. The summed E-state index contributed by atoms with van der Waals surface area (Å²) in [5, 5.41) is 11.4. The monoisotopic (exact) mass is 338 g/mol. The summed E-state index contributed by atoms with van der Waals surface area (Å²) in [6.45, 7) is 1.53. The van der Waals surface area contributed by atoms with Gasteiger partial charge in [-0.15, -0.1) is 0 Å². The van der Waals surface area contributed by atoms with E-state index >= 15 is 0 Å². The van der Waals surface area contributed by atoms with Crippen LogP contribution < -0.4 is 0 Å². The van der Waals surface area contributed by atoms with Crippen LogP contribution in [0.1, 0.15) is 11.1 Å². The summed E-state index contributed by atoms with van der Waals surface area (Å²) < 4.78 is 4.11. The molecular formula is C22H18N4. The minimum absolute atomic E-state index is 0.765. The summed E-state index contributed by atoms with van der Waals surface area (Å²) in [6, 6.07) is 25.3. The zero-order valence-electron chi connectivity index (χ0n) is 14.3. The Hall–Kier alpha value is -3.40. The Labute approximate surface area is 151 Å². The Balaban J connectivity index is 1.44. The van der Waals surface area contributed by atoms with Crippen LogP contribution in [0.5, 0.6) is 0 Å². The van der Waals surface area contributed by atoms with Crippen molar-refractivity contribution in [2.24, 2.45) is 0 Å². The normalized spacial score (nSPS) is 11.4. The van der Waals surface area contributed by atoms with Crippen molar-refractivity contribution in [3.05, 3.63) is 96.3 Å². The maximum atomic E-state index is 4.54. The van der Waals surface area contributed by atoms with Gasteiger partial charge in [0, 0.05) is 10.8 Å². The fourth-order valence-corrected chi connectivity index (χ4v) is 3.48. The van der Waals surface area contributed by atoms with Crippen LogP contribution in [-0.2, 0) is 13.1 Å². The average molecular weight is 338 g/mol. The third-order valence-corrected chi connectivity index (χ3v) is 4.76. The van der Waals surface area contributed by atoms with Gasteiger partial charge in [-0.2, -0.15) is 10.2 Å². The molecule has 0 bridgehead atoms. The lowest BCUT2D eigenvalue weighted by molar-refractivity contribution is 0.698. The number of aromatic nitrogens is 4. The molecule has 0 unspecified atom stereocenters. The van der Waals surface area contributed by atoms with Gasteiger partial charge < -0.3 is 0 Å². The van der Waals surface area contributed by atoms with E-state index in [4.69, 9.17) is 0 Å². The minimum Gasteiger partial charge on any atom is -0.260 e. The smallest absolute Gasteiger partial charge is 0.0686 e. The van der Waals surface area contributed by atoms with Gasteiger partial charge in [-0.25, -0.2) is 0 Å². The highest BCUT2D eigenvalue weighted by Gasteiger charge is 2.06. The Bertz CT molecular complexity index is 1110. The zero-order chi connectivity index (χ0) is 17.3. The second-order valence-corrected chi connectivity index (χ2v) is 6.54. The van der Waals surface area contributed by atoms with E-state index in [1.807, 2.05) is 24.5 Å². The van der Waals surface area contributed by atoms with Crippen molar-refractivity contribution in [1.29, 1.82) is 0 Å². The lowest BCUT2D eigenvalue weighted by atomic mass is 10.1. The molecule has 0 amide bonds. The summed E-state index contributed by atoms with van der Waals surface area (Å²) in [6.07, 6.45) is 3.85. The Morgan fingerprint density at radius 2 is 1.08 bits per heavy atom. The lowest BCUT2D eigenvalue weighted by Gasteiger charge is -2.08. The first kappa shape index (κ1) is 14.9. The first-order chi connectivity index (χ1) is 12.9. The number of nitrogens with zero attached hydrogens (tertiary/aromatic N) is 4. The van der Waals surface area contributed by atoms with Gasteiger partial charge in [0.15, 0.2) is 0 Å². The van der Waals surface area contributed by atoms with Crippen LogP contribution in [0, 0.1) is 0 Å². The maximum absolute atomic E-state index is 4.54. The van der Waals surface area contributed by atoms with Crippen LogP contribution >= 0.6 is 0 Å². The molecular weight excluding hydrogens is 320 g/mol. The van der Waals surface area contributed by atoms with Crippen molar-refractivity contribution in [2.75, 3.05) is 0 Å². The highest BCUT2D eigenvalue weighted by Crippen LogP contribution is 2.17. The van der Waals surface area contributed by atoms with Crippen LogP contribution in [0.15, 0.2) is 85.2 Å². The molecule has 126 valence electrons. The quantitative estimate of drug-likeness (QED) is 0.484. The Morgan fingerprint density at radius 1 is 0.577 bits per heavy atom. The van der Waals surface area contributed by atoms with Gasteiger partial charge in [0.05, 0.1) is 36.5 Å². The van der Waals surface area contributed by atoms with E-state index in [1.54, 1.807) is 0 Å². The molecule has 0 saturated heterocycles. The van der Waals surface area contributed by atoms with E-state index in [-0.39, 0.29) is 0 Å². The highest BCUT2D eigenvalue weighted by molar-refractivity contribution is 5.79. The minimum atomic E-state index is 0.765. The molecule has 0 saturated carbocycles. The molecule has 0 aliphatic rings. The number of rotatable bonds is 4. The van der Waals surface area contributed by atoms with Crippen LogP contribution in [-0.4, -0.2) is 19.6 Å². The second-order valence-electron chi connectivity index (χ2n) is 6.54. The van der Waals surface area contributed by atoms with E-state index in [0.717, 1.165) is 24.1 Å². The predicted octanol–water partition coefficient (Wildman–Crippen LogP) is 4.48. The first-order valence-corrected chi connectivity index (χ1v) is 8.76. The maximum Gasteiger partial charge on any atom is 0.0686 e. The molecule has 5 rings (SSSR count).